The van der Waals surface area contributed by atoms with Crippen molar-refractivity contribution in [2.45, 2.75) is 25.3 Å². The highest BCUT2D eigenvalue weighted by Gasteiger charge is 2.24. The van der Waals surface area contributed by atoms with Crippen LogP contribution in [-0.4, -0.2) is 46.6 Å². The van der Waals surface area contributed by atoms with Crippen LogP contribution >= 0.6 is 15.9 Å². The summed E-state index contributed by atoms with van der Waals surface area (Å²) >= 11 is 3.39. The van der Waals surface area contributed by atoms with Gasteiger partial charge in [-0.3, -0.25) is 0 Å². The molecule has 1 rings (SSSR count). The van der Waals surface area contributed by atoms with Gasteiger partial charge in [0.2, 0.25) is 10.0 Å². The van der Waals surface area contributed by atoms with Crippen LogP contribution in [0.1, 0.15) is 18.1 Å². The van der Waals surface area contributed by atoms with E-state index >= 15 is 0 Å². The van der Waals surface area contributed by atoms with Crippen molar-refractivity contribution >= 4 is 26.0 Å². The first-order chi connectivity index (χ1) is 9.84. The van der Waals surface area contributed by atoms with E-state index in [0.717, 1.165) is 11.1 Å². The smallest absolute Gasteiger partial charge is 0.244 e. The summed E-state index contributed by atoms with van der Waals surface area (Å²) in [6, 6.07) is 3.68. The van der Waals surface area contributed by atoms with Gasteiger partial charge in [0.25, 0.3) is 0 Å². The number of nitrogens with zero attached hydrogens (tertiary/aromatic N) is 1. The van der Waals surface area contributed by atoms with Crippen molar-refractivity contribution in [3.63, 3.8) is 0 Å². The maximum absolute atomic E-state index is 12.7. The Hall–Kier alpha value is -0.470. The normalized spacial score (nSPS) is 12.1. The predicted molar refractivity (Wildman–Crippen MR) is 88.0 cm³/mol. The number of benzene rings is 1. The van der Waals surface area contributed by atoms with Crippen LogP contribution in [0.15, 0.2) is 21.5 Å². The quantitative estimate of drug-likeness (QED) is 0.703. The van der Waals surface area contributed by atoms with Crippen molar-refractivity contribution in [1.82, 2.24) is 9.62 Å². The summed E-state index contributed by atoms with van der Waals surface area (Å²) in [5.41, 5.74) is 1.84. The predicted octanol–water partition coefficient (Wildman–Crippen LogP) is 2.13. The number of ether oxygens (including phenoxy) is 1. The van der Waals surface area contributed by atoms with Crippen molar-refractivity contribution in [3.8, 4) is 0 Å². The Morgan fingerprint density at radius 2 is 2.05 bits per heavy atom. The lowest BCUT2D eigenvalue weighted by atomic mass is 10.1. The summed E-state index contributed by atoms with van der Waals surface area (Å²) in [6.07, 6.45) is 0. The molecule has 120 valence electrons. The molecule has 0 heterocycles. The molecule has 0 bridgehead atoms. The molecule has 1 aromatic rings. The highest BCUT2D eigenvalue weighted by molar-refractivity contribution is 9.10. The average Bonchev–Trinajstić information content (AvgIpc) is 2.42. The molecule has 0 amide bonds. The third kappa shape index (κ3) is 4.75. The van der Waals surface area contributed by atoms with Crippen molar-refractivity contribution in [2.75, 3.05) is 33.9 Å². The monoisotopic (exact) mass is 378 g/mol. The fourth-order valence-corrected chi connectivity index (χ4v) is 4.11. The fourth-order valence-electron chi connectivity index (χ4n) is 1.93. The van der Waals surface area contributed by atoms with Gasteiger partial charge in [-0.25, -0.2) is 8.42 Å². The lowest BCUT2D eigenvalue weighted by molar-refractivity contribution is 0.138. The number of halogens is 1. The van der Waals surface area contributed by atoms with Crippen LogP contribution in [0.5, 0.6) is 0 Å². The SMILES string of the molecule is CCOCCN(C)S(=O)(=O)c1cc(CNC)cc(C)c1Br. The molecule has 0 saturated heterocycles. The minimum absolute atomic E-state index is 0.298. The molecule has 0 aliphatic heterocycles. The second kappa shape index (κ2) is 8.24. The Kier molecular flexibility index (Phi) is 7.29. The van der Waals surface area contributed by atoms with E-state index in [1.54, 1.807) is 13.1 Å². The van der Waals surface area contributed by atoms with Crippen molar-refractivity contribution < 1.29 is 13.2 Å². The van der Waals surface area contributed by atoms with Gasteiger partial charge in [0.05, 0.1) is 11.5 Å². The van der Waals surface area contributed by atoms with Crippen LogP contribution in [0.25, 0.3) is 0 Å². The lowest BCUT2D eigenvalue weighted by Gasteiger charge is -2.19. The maximum Gasteiger partial charge on any atom is 0.244 e. The van der Waals surface area contributed by atoms with E-state index in [0.29, 0.717) is 35.7 Å². The van der Waals surface area contributed by atoms with Gasteiger partial charge in [-0.1, -0.05) is 6.07 Å². The Bertz CT molecular complexity index is 576. The molecular weight excluding hydrogens is 356 g/mol. The number of aryl methyl sites for hydroxylation is 1. The zero-order valence-corrected chi connectivity index (χ0v) is 15.3. The van der Waals surface area contributed by atoms with Gasteiger partial charge in [-0.2, -0.15) is 4.31 Å². The number of hydrogen-bond acceptors (Lipinski definition) is 4. The van der Waals surface area contributed by atoms with Crippen LogP contribution in [0, 0.1) is 6.92 Å². The molecule has 0 aliphatic carbocycles. The van der Waals surface area contributed by atoms with Crippen molar-refractivity contribution in [3.05, 3.63) is 27.7 Å². The standard InChI is InChI=1S/C14H23BrN2O3S/c1-5-20-7-6-17(4)21(18,19)13-9-12(10-16-3)8-11(2)14(13)15/h8-9,16H,5-7,10H2,1-4H3. The van der Waals surface area contributed by atoms with E-state index in [-0.39, 0.29) is 0 Å². The number of likely N-dealkylation sites (N-methyl/N-ethyl adjacent to an activating group) is 1. The highest BCUT2D eigenvalue weighted by atomic mass is 79.9. The summed E-state index contributed by atoms with van der Waals surface area (Å²) in [5, 5.41) is 3.04. The Morgan fingerprint density at radius 3 is 2.62 bits per heavy atom. The van der Waals surface area contributed by atoms with Crippen LogP contribution < -0.4 is 5.32 Å². The van der Waals surface area contributed by atoms with E-state index < -0.39 is 10.0 Å². The second-order valence-corrected chi connectivity index (χ2v) is 7.58. The summed E-state index contributed by atoms with van der Waals surface area (Å²) in [5.74, 6) is 0. The Balaban J connectivity index is 3.11. The lowest BCUT2D eigenvalue weighted by Crippen LogP contribution is -2.30. The molecule has 0 aromatic heterocycles. The number of hydrogen-bond donors (Lipinski definition) is 1. The maximum atomic E-state index is 12.7. The largest absolute Gasteiger partial charge is 0.380 e. The third-order valence-corrected chi connectivity index (χ3v) is 6.30. The van der Waals surface area contributed by atoms with Crippen LogP contribution in [0.2, 0.25) is 0 Å². The molecule has 0 aliphatic rings. The molecule has 0 spiro atoms. The number of sulfonamides is 1. The minimum Gasteiger partial charge on any atom is -0.380 e. The molecule has 0 unspecified atom stereocenters. The molecule has 0 fully saturated rings. The van der Waals surface area contributed by atoms with Crippen LogP contribution in [0.3, 0.4) is 0 Å². The zero-order chi connectivity index (χ0) is 16.0. The van der Waals surface area contributed by atoms with Gasteiger partial charge < -0.3 is 10.1 Å². The van der Waals surface area contributed by atoms with Gasteiger partial charge in [-0.15, -0.1) is 0 Å². The minimum atomic E-state index is -3.53. The van der Waals surface area contributed by atoms with Crippen LogP contribution in [0.4, 0.5) is 0 Å². The zero-order valence-electron chi connectivity index (χ0n) is 12.9. The topological polar surface area (TPSA) is 58.6 Å². The van der Waals surface area contributed by atoms with Gasteiger partial charge in [0, 0.05) is 31.2 Å². The van der Waals surface area contributed by atoms with Gasteiger partial charge in [0.15, 0.2) is 0 Å². The van der Waals surface area contributed by atoms with Crippen LogP contribution in [-0.2, 0) is 21.3 Å². The van der Waals surface area contributed by atoms with E-state index in [9.17, 15) is 8.42 Å². The highest BCUT2D eigenvalue weighted by Crippen LogP contribution is 2.29. The van der Waals surface area contributed by atoms with E-state index in [1.807, 2.05) is 27.0 Å². The average molecular weight is 379 g/mol. The molecule has 5 nitrogen and oxygen atoms in total. The first kappa shape index (κ1) is 18.6. The Labute approximate surface area is 135 Å². The Morgan fingerprint density at radius 1 is 1.38 bits per heavy atom. The summed E-state index contributed by atoms with van der Waals surface area (Å²) in [4.78, 5) is 0.298. The van der Waals surface area contributed by atoms with Crippen molar-refractivity contribution in [2.24, 2.45) is 0 Å². The van der Waals surface area contributed by atoms with E-state index in [1.165, 1.54) is 4.31 Å². The second-order valence-electron chi connectivity index (χ2n) is 4.78. The number of rotatable bonds is 8. The van der Waals surface area contributed by atoms with Gasteiger partial charge in [0.1, 0.15) is 0 Å². The molecular formula is C14H23BrN2O3S. The molecule has 1 aromatic carbocycles. The molecule has 1 N–H and O–H groups in total. The molecule has 21 heavy (non-hydrogen) atoms. The van der Waals surface area contributed by atoms with Crippen molar-refractivity contribution in [1.29, 1.82) is 0 Å². The van der Waals surface area contributed by atoms with Gasteiger partial charge in [-0.05, 0) is 54.0 Å². The molecule has 0 saturated carbocycles. The van der Waals surface area contributed by atoms with E-state index in [2.05, 4.69) is 21.2 Å². The first-order valence-corrected chi connectivity index (χ1v) is 9.05. The summed E-state index contributed by atoms with van der Waals surface area (Å²) in [6.45, 7) is 5.70. The molecule has 0 atom stereocenters. The number of nitrogens with one attached hydrogen (secondary N) is 1. The summed E-state index contributed by atoms with van der Waals surface area (Å²) < 4.78 is 32.5. The molecule has 7 heteroatoms. The van der Waals surface area contributed by atoms with E-state index in [4.69, 9.17) is 4.74 Å². The fraction of sp³-hybridized carbons (Fsp3) is 0.571. The third-order valence-electron chi connectivity index (χ3n) is 3.10. The summed E-state index contributed by atoms with van der Waals surface area (Å²) in [7, 11) is -0.131. The van der Waals surface area contributed by atoms with Gasteiger partial charge >= 0.3 is 0 Å². The first-order valence-electron chi connectivity index (χ1n) is 6.82. The molecule has 0 radical (unpaired) electrons.